The van der Waals surface area contributed by atoms with Crippen LogP contribution in [-0.4, -0.2) is 70.1 Å². The van der Waals surface area contributed by atoms with E-state index in [1.807, 2.05) is 6.92 Å². The first kappa shape index (κ1) is 22.2. The maximum atomic E-state index is 11.3. The second-order valence-electron chi connectivity index (χ2n) is 7.95. The summed E-state index contributed by atoms with van der Waals surface area (Å²) in [5.74, 6) is 2.35. The van der Waals surface area contributed by atoms with Crippen molar-refractivity contribution in [1.29, 1.82) is 0 Å². The Kier molecular flexibility index (Phi) is 9.21. The molecule has 0 spiro atoms. The minimum Gasteiger partial charge on any atom is -0.355 e. The number of aliphatic imine (C=N–C) groups is 1. The minimum atomic E-state index is -2.92. The van der Waals surface area contributed by atoms with Crippen LogP contribution in [0.15, 0.2) is 4.99 Å². The van der Waals surface area contributed by atoms with E-state index in [2.05, 4.69) is 41.3 Å². The summed E-state index contributed by atoms with van der Waals surface area (Å²) in [6, 6.07) is 0.548. The van der Waals surface area contributed by atoms with Crippen molar-refractivity contribution in [1.82, 2.24) is 15.5 Å². The molecule has 0 aromatic carbocycles. The first-order chi connectivity index (χ1) is 11.6. The van der Waals surface area contributed by atoms with Gasteiger partial charge in [-0.1, -0.05) is 20.8 Å². The molecule has 1 fully saturated rings. The molecule has 0 aromatic heterocycles. The molecule has 2 N–H and O–H groups in total. The summed E-state index contributed by atoms with van der Waals surface area (Å²) in [6.07, 6.45) is 4.41. The van der Waals surface area contributed by atoms with E-state index in [9.17, 15) is 8.42 Å². The Labute approximate surface area is 154 Å². The average Bonchev–Trinajstić information content (AvgIpc) is 2.52. The zero-order valence-corrected chi connectivity index (χ0v) is 17.7. The molecule has 1 heterocycles. The Morgan fingerprint density at radius 2 is 1.84 bits per heavy atom. The molecule has 0 radical (unpaired) electrons. The normalized spacial score (nSPS) is 20.5. The van der Waals surface area contributed by atoms with E-state index in [-0.39, 0.29) is 11.8 Å². The molecular formula is C18H38N4O2S. The molecule has 0 aliphatic carbocycles. The van der Waals surface area contributed by atoms with Crippen molar-refractivity contribution >= 4 is 15.8 Å². The van der Waals surface area contributed by atoms with E-state index in [0.29, 0.717) is 18.4 Å². The molecule has 0 saturated carbocycles. The molecule has 1 saturated heterocycles. The fraction of sp³-hybridized carbons (Fsp3) is 0.944. The Hall–Kier alpha value is -0.820. The van der Waals surface area contributed by atoms with Crippen LogP contribution in [0.1, 0.15) is 47.0 Å². The second kappa shape index (κ2) is 10.4. The van der Waals surface area contributed by atoms with Gasteiger partial charge in [-0.05, 0) is 51.1 Å². The first-order valence-electron chi connectivity index (χ1n) is 9.51. The van der Waals surface area contributed by atoms with Gasteiger partial charge in [0.2, 0.25) is 0 Å². The van der Waals surface area contributed by atoms with Crippen molar-refractivity contribution in [2.24, 2.45) is 16.8 Å². The number of piperidine rings is 1. The van der Waals surface area contributed by atoms with Gasteiger partial charge in [-0.3, -0.25) is 9.89 Å². The predicted molar refractivity (Wildman–Crippen MR) is 107 cm³/mol. The number of likely N-dealkylation sites (tertiary alicyclic amines) is 1. The Balaban J connectivity index is 2.50. The highest BCUT2D eigenvalue weighted by Gasteiger charge is 2.25. The van der Waals surface area contributed by atoms with Crippen molar-refractivity contribution in [2.75, 3.05) is 38.7 Å². The number of rotatable bonds is 8. The lowest BCUT2D eigenvalue weighted by atomic mass is 9.94. The van der Waals surface area contributed by atoms with Gasteiger partial charge in [-0.15, -0.1) is 0 Å². The fourth-order valence-corrected chi connectivity index (χ4v) is 4.02. The summed E-state index contributed by atoms with van der Waals surface area (Å²) in [5.41, 5.74) is 0. The van der Waals surface area contributed by atoms with Gasteiger partial charge >= 0.3 is 0 Å². The molecule has 1 aliphatic rings. The van der Waals surface area contributed by atoms with Crippen molar-refractivity contribution in [3.8, 4) is 0 Å². The molecule has 2 unspecified atom stereocenters. The molecule has 6 nitrogen and oxygen atoms in total. The van der Waals surface area contributed by atoms with E-state index in [4.69, 9.17) is 0 Å². The third kappa shape index (κ3) is 8.90. The third-order valence-electron chi connectivity index (χ3n) is 5.06. The smallest absolute Gasteiger partial charge is 0.191 e. The highest BCUT2D eigenvalue weighted by Crippen LogP contribution is 2.21. The standard InChI is InChI=1S/C18H38N4O2S/c1-14(2)17(22-10-7-15(3)8-11-22)13-20-18(19-5)21-16(4)9-12-25(6,23)24/h14-17H,7-13H2,1-6H3,(H2,19,20,21). The maximum Gasteiger partial charge on any atom is 0.191 e. The van der Waals surface area contributed by atoms with Crippen LogP contribution in [0.2, 0.25) is 0 Å². The number of nitrogens with zero attached hydrogens (tertiary/aromatic N) is 2. The molecule has 0 amide bonds. The number of sulfone groups is 1. The molecule has 1 rings (SSSR count). The lowest BCUT2D eigenvalue weighted by molar-refractivity contribution is 0.110. The number of hydrogen-bond acceptors (Lipinski definition) is 4. The van der Waals surface area contributed by atoms with E-state index in [1.165, 1.54) is 32.2 Å². The van der Waals surface area contributed by atoms with Crippen LogP contribution >= 0.6 is 0 Å². The maximum absolute atomic E-state index is 11.3. The van der Waals surface area contributed by atoms with Gasteiger partial charge < -0.3 is 10.6 Å². The number of guanidine groups is 1. The van der Waals surface area contributed by atoms with Crippen LogP contribution in [0, 0.1) is 11.8 Å². The van der Waals surface area contributed by atoms with Gasteiger partial charge in [-0.25, -0.2) is 8.42 Å². The van der Waals surface area contributed by atoms with E-state index >= 15 is 0 Å². The minimum absolute atomic E-state index is 0.0641. The largest absolute Gasteiger partial charge is 0.355 e. The van der Waals surface area contributed by atoms with Crippen molar-refractivity contribution in [3.63, 3.8) is 0 Å². The number of nitrogens with one attached hydrogen (secondary N) is 2. The van der Waals surface area contributed by atoms with Crippen LogP contribution in [-0.2, 0) is 9.84 Å². The van der Waals surface area contributed by atoms with E-state index in [1.54, 1.807) is 7.05 Å². The van der Waals surface area contributed by atoms with Gasteiger partial charge in [0.1, 0.15) is 9.84 Å². The van der Waals surface area contributed by atoms with Gasteiger partial charge in [0.25, 0.3) is 0 Å². The molecule has 1 aliphatic heterocycles. The summed E-state index contributed by atoms with van der Waals surface area (Å²) in [7, 11) is -1.17. The summed E-state index contributed by atoms with van der Waals surface area (Å²) in [4.78, 5) is 6.88. The average molecular weight is 375 g/mol. The quantitative estimate of drug-likeness (QED) is 0.500. The molecule has 7 heteroatoms. The highest BCUT2D eigenvalue weighted by atomic mass is 32.2. The van der Waals surface area contributed by atoms with Crippen LogP contribution in [0.25, 0.3) is 0 Å². The van der Waals surface area contributed by atoms with Crippen LogP contribution < -0.4 is 10.6 Å². The summed E-state index contributed by atoms with van der Waals surface area (Å²) in [6.45, 7) is 12.1. The predicted octanol–water partition coefficient (Wildman–Crippen LogP) is 1.73. The van der Waals surface area contributed by atoms with Crippen molar-refractivity contribution < 1.29 is 8.42 Å². The van der Waals surface area contributed by atoms with Crippen LogP contribution in [0.5, 0.6) is 0 Å². The van der Waals surface area contributed by atoms with E-state index in [0.717, 1.165) is 18.4 Å². The molecule has 25 heavy (non-hydrogen) atoms. The Morgan fingerprint density at radius 1 is 1.24 bits per heavy atom. The highest BCUT2D eigenvalue weighted by molar-refractivity contribution is 7.90. The third-order valence-corrected chi connectivity index (χ3v) is 6.04. The van der Waals surface area contributed by atoms with Crippen LogP contribution in [0.4, 0.5) is 0 Å². The van der Waals surface area contributed by atoms with Crippen LogP contribution in [0.3, 0.4) is 0 Å². The van der Waals surface area contributed by atoms with E-state index < -0.39 is 9.84 Å². The number of hydrogen-bond donors (Lipinski definition) is 2. The molecule has 148 valence electrons. The topological polar surface area (TPSA) is 73.8 Å². The zero-order chi connectivity index (χ0) is 19.0. The van der Waals surface area contributed by atoms with Gasteiger partial charge in [0, 0.05) is 31.9 Å². The van der Waals surface area contributed by atoms with Gasteiger partial charge in [-0.2, -0.15) is 0 Å². The first-order valence-corrected chi connectivity index (χ1v) is 11.6. The zero-order valence-electron chi connectivity index (χ0n) is 16.9. The second-order valence-corrected chi connectivity index (χ2v) is 10.2. The summed E-state index contributed by atoms with van der Waals surface area (Å²) >= 11 is 0. The van der Waals surface area contributed by atoms with Crippen molar-refractivity contribution in [2.45, 2.75) is 59.0 Å². The SMILES string of the molecule is CN=C(NCC(C(C)C)N1CCC(C)CC1)NC(C)CCS(C)(=O)=O. The molecule has 2 atom stereocenters. The molecule has 0 aromatic rings. The lowest BCUT2D eigenvalue weighted by Gasteiger charge is -2.39. The monoisotopic (exact) mass is 374 g/mol. The van der Waals surface area contributed by atoms with Gasteiger partial charge in [0.15, 0.2) is 5.96 Å². The Morgan fingerprint density at radius 3 is 2.32 bits per heavy atom. The molecular weight excluding hydrogens is 336 g/mol. The van der Waals surface area contributed by atoms with Gasteiger partial charge in [0.05, 0.1) is 5.75 Å². The van der Waals surface area contributed by atoms with Crippen molar-refractivity contribution in [3.05, 3.63) is 0 Å². The molecule has 0 bridgehead atoms. The summed E-state index contributed by atoms with van der Waals surface area (Å²) in [5, 5.41) is 6.73. The lowest BCUT2D eigenvalue weighted by Crippen LogP contribution is -2.52. The fourth-order valence-electron chi connectivity index (χ4n) is 3.24. The summed E-state index contributed by atoms with van der Waals surface area (Å²) < 4.78 is 22.6. The Bertz CT molecular complexity index is 511.